The van der Waals surface area contributed by atoms with Gasteiger partial charge in [-0.15, -0.1) is 0 Å². The van der Waals surface area contributed by atoms with Crippen LogP contribution < -0.4 is 9.64 Å². The summed E-state index contributed by atoms with van der Waals surface area (Å²) in [6.45, 7) is 1.20. The van der Waals surface area contributed by atoms with E-state index in [2.05, 4.69) is 4.98 Å². The monoisotopic (exact) mass is 418 g/mol. The van der Waals surface area contributed by atoms with Crippen LogP contribution in [0.5, 0.6) is 5.75 Å². The summed E-state index contributed by atoms with van der Waals surface area (Å²) < 4.78 is 37.9. The molecule has 152 valence electrons. The first-order chi connectivity index (χ1) is 13.9. The highest BCUT2D eigenvalue weighted by Gasteiger charge is 2.31. The van der Waals surface area contributed by atoms with Crippen LogP contribution in [0.2, 0.25) is 0 Å². The molecule has 29 heavy (non-hydrogen) atoms. The van der Waals surface area contributed by atoms with E-state index >= 15 is 0 Å². The molecule has 0 bridgehead atoms. The van der Waals surface area contributed by atoms with Gasteiger partial charge in [-0.2, -0.15) is 9.29 Å². The van der Waals surface area contributed by atoms with Gasteiger partial charge in [0.1, 0.15) is 5.52 Å². The molecule has 0 radical (unpaired) electrons. The van der Waals surface area contributed by atoms with Gasteiger partial charge in [-0.3, -0.25) is 10.1 Å². The van der Waals surface area contributed by atoms with Crippen molar-refractivity contribution in [2.24, 2.45) is 0 Å². The molecule has 10 nitrogen and oxygen atoms in total. The second kappa shape index (κ2) is 7.33. The van der Waals surface area contributed by atoms with E-state index in [0.29, 0.717) is 24.7 Å². The Hall–Kier alpha value is -3.18. The van der Waals surface area contributed by atoms with Gasteiger partial charge in [-0.1, -0.05) is 12.1 Å². The number of para-hydroxylation sites is 2. The Labute approximate surface area is 166 Å². The van der Waals surface area contributed by atoms with Crippen LogP contribution in [0, 0.1) is 10.1 Å². The van der Waals surface area contributed by atoms with E-state index in [9.17, 15) is 18.5 Å². The number of methoxy groups -OCH3 is 1. The number of rotatable bonds is 5. The van der Waals surface area contributed by atoms with Crippen molar-refractivity contribution >= 4 is 32.8 Å². The predicted octanol–water partition coefficient (Wildman–Crippen LogP) is 2.26. The Balaban J connectivity index is 1.53. The molecule has 1 aliphatic heterocycles. The lowest BCUT2D eigenvalue weighted by Crippen LogP contribution is -2.48. The summed E-state index contributed by atoms with van der Waals surface area (Å²) in [6, 6.07) is 11.5. The molecule has 3 aromatic rings. The maximum absolute atomic E-state index is 13.0. The number of ether oxygens (including phenoxy) is 1. The number of sulfonamides is 1. The summed E-state index contributed by atoms with van der Waals surface area (Å²) in [5, 5.41) is 11.2. The van der Waals surface area contributed by atoms with E-state index in [4.69, 9.17) is 9.15 Å². The molecular weight excluding hydrogens is 400 g/mol. The Morgan fingerprint density at radius 1 is 1.14 bits per heavy atom. The van der Waals surface area contributed by atoms with Crippen LogP contribution in [0.15, 0.2) is 51.8 Å². The number of nitrogens with zero attached hydrogens (tertiary/aromatic N) is 4. The lowest BCUT2D eigenvalue weighted by molar-refractivity contribution is -0.386. The third kappa shape index (κ3) is 3.49. The summed E-state index contributed by atoms with van der Waals surface area (Å²) in [4.78, 5) is 16.7. The van der Waals surface area contributed by atoms with Crippen molar-refractivity contribution in [1.82, 2.24) is 9.29 Å². The van der Waals surface area contributed by atoms with Gasteiger partial charge < -0.3 is 14.1 Å². The molecule has 1 fully saturated rings. The zero-order chi connectivity index (χ0) is 20.6. The number of aromatic nitrogens is 1. The van der Waals surface area contributed by atoms with Gasteiger partial charge in [0.2, 0.25) is 10.0 Å². The summed E-state index contributed by atoms with van der Waals surface area (Å²) >= 11 is 0. The number of fused-ring (bicyclic) bond motifs is 1. The maximum Gasteiger partial charge on any atom is 0.312 e. The minimum absolute atomic E-state index is 0.00901. The van der Waals surface area contributed by atoms with Crippen LogP contribution in [0.4, 0.5) is 11.7 Å². The summed E-state index contributed by atoms with van der Waals surface area (Å²) in [7, 11) is -2.58. The van der Waals surface area contributed by atoms with Crippen molar-refractivity contribution < 1.29 is 22.5 Å². The predicted molar refractivity (Wildman–Crippen MR) is 105 cm³/mol. The molecule has 0 unspecified atom stereocenters. The van der Waals surface area contributed by atoms with Crippen molar-refractivity contribution in [2.75, 3.05) is 38.2 Å². The van der Waals surface area contributed by atoms with E-state index in [1.165, 1.54) is 23.5 Å². The summed E-state index contributed by atoms with van der Waals surface area (Å²) in [5.74, 6) is 0.00901. The molecule has 11 heteroatoms. The van der Waals surface area contributed by atoms with E-state index in [-0.39, 0.29) is 23.7 Å². The number of piperazine rings is 1. The van der Waals surface area contributed by atoms with Gasteiger partial charge in [0.15, 0.2) is 11.3 Å². The standard InChI is InChI=1S/C18H18N4O6S/c1-27-17-7-6-13(12-15(17)22(23)24)29(25,26)21-10-8-20(9-11-21)18-19-14-4-2-3-5-16(14)28-18/h2-7,12H,8-11H2,1H3. The number of anilines is 1. The molecule has 0 aliphatic carbocycles. The Morgan fingerprint density at radius 3 is 2.52 bits per heavy atom. The second-order valence-electron chi connectivity index (χ2n) is 6.45. The van der Waals surface area contributed by atoms with Crippen molar-refractivity contribution in [2.45, 2.75) is 4.90 Å². The highest BCUT2D eigenvalue weighted by molar-refractivity contribution is 7.89. The van der Waals surface area contributed by atoms with Gasteiger partial charge in [-0.25, -0.2) is 8.42 Å². The molecule has 0 N–H and O–H groups in total. The molecule has 2 heterocycles. The fourth-order valence-electron chi connectivity index (χ4n) is 3.24. The van der Waals surface area contributed by atoms with Gasteiger partial charge >= 0.3 is 5.69 Å². The Bertz CT molecular complexity index is 1140. The summed E-state index contributed by atoms with van der Waals surface area (Å²) in [6.07, 6.45) is 0. The SMILES string of the molecule is COc1ccc(S(=O)(=O)N2CCN(c3nc4ccccc4o3)CC2)cc1[N+](=O)[O-]. The van der Waals surface area contributed by atoms with E-state index in [1.54, 1.807) is 0 Å². The Morgan fingerprint density at radius 2 is 1.86 bits per heavy atom. The fourth-order valence-corrected chi connectivity index (χ4v) is 4.68. The van der Waals surface area contributed by atoms with Gasteiger partial charge in [-0.05, 0) is 24.3 Å². The first kappa shape index (κ1) is 19.2. The minimum atomic E-state index is -3.88. The van der Waals surface area contributed by atoms with Crippen LogP contribution in [0.3, 0.4) is 0 Å². The van der Waals surface area contributed by atoms with E-state index < -0.39 is 20.6 Å². The van der Waals surface area contributed by atoms with Crippen molar-refractivity contribution in [3.8, 4) is 5.75 Å². The van der Waals surface area contributed by atoms with Gasteiger partial charge in [0, 0.05) is 32.2 Å². The van der Waals surface area contributed by atoms with Crippen molar-refractivity contribution in [1.29, 1.82) is 0 Å². The lowest BCUT2D eigenvalue weighted by Gasteiger charge is -2.33. The van der Waals surface area contributed by atoms with Crippen LogP contribution in [-0.2, 0) is 10.0 Å². The third-order valence-electron chi connectivity index (χ3n) is 4.78. The molecule has 1 aromatic heterocycles. The van der Waals surface area contributed by atoms with Crippen molar-refractivity contribution in [3.05, 3.63) is 52.6 Å². The number of nitro benzene ring substituents is 1. The van der Waals surface area contributed by atoms with Crippen LogP contribution >= 0.6 is 0 Å². The average Bonchev–Trinajstić information content (AvgIpc) is 3.17. The van der Waals surface area contributed by atoms with E-state index in [0.717, 1.165) is 11.6 Å². The molecule has 4 rings (SSSR count). The molecule has 0 amide bonds. The second-order valence-corrected chi connectivity index (χ2v) is 8.38. The van der Waals surface area contributed by atoms with E-state index in [1.807, 2.05) is 29.2 Å². The number of benzene rings is 2. The molecular formula is C18H18N4O6S. The summed E-state index contributed by atoms with van der Waals surface area (Å²) in [5.41, 5.74) is 1.02. The van der Waals surface area contributed by atoms with Crippen LogP contribution in [-0.4, -0.2) is 55.9 Å². The molecule has 1 saturated heterocycles. The fraction of sp³-hybridized carbons (Fsp3) is 0.278. The average molecular weight is 418 g/mol. The topological polar surface area (TPSA) is 119 Å². The maximum atomic E-state index is 13.0. The van der Waals surface area contributed by atoms with Crippen LogP contribution in [0.25, 0.3) is 11.1 Å². The molecule has 0 saturated carbocycles. The zero-order valence-electron chi connectivity index (χ0n) is 15.5. The molecule has 0 spiro atoms. The number of oxazole rings is 1. The number of hydrogen-bond donors (Lipinski definition) is 0. The largest absolute Gasteiger partial charge is 0.490 e. The number of hydrogen-bond acceptors (Lipinski definition) is 8. The first-order valence-electron chi connectivity index (χ1n) is 8.83. The van der Waals surface area contributed by atoms with Gasteiger partial charge in [0.05, 0.1) is 16.9 Å². The third-order valence-corrected chi connectivity index (χ3v) is 6.67. The first-order valence-corrected chi connectivity index (χ1v) is 10.3. The van der Waals surface area contributed by atoms with Crippen LogP contribution in [0.1, 0.15) is 0 Å². The normalized spacial score (nSPS) is 15.6. The highest BCUT2D eigenvalue weighted by Crippen LogP contribution is 2.31. The number of nitro groups is 1. The molecule has 1 aliphatic rings. The lowest BCUT2D eigenvalue weighted by atomic mass is 10.3. The minimum Gasteiger partial charge on any atom is -0.490 e. The Kier molecular flexibility index (Phi) is 4.84. The smallest absolute Gasteiger partial charge is 0.312 e. The van der Waals surface area contributed by atoms with Gasteiger partial charge in [0.25, 0.3) is 6.01 Å². The molecule has 0 atom stereocenters. The zero-order valence-corrected chi connectivity index (χ0v) is 16.3. The highest BCUT2D eigenvalue weighted by atomic mass is 32.2. The van der Waals surface area contributed by atoms with Crippen molar-refractivity contribution in [3.63, 3.8) is 0 Å². The quantitative estimate of drug-likeness (QED) is 0.457. The molecule has 2 aromatic carbocycles.